The minimum atomic E-state index is 0.129. The van der Waals surface area contributed by atoms with Gasteiger partial charge in [-0.3, -0.25) is 0 Å². The van der Waals surface area contributed by atoms with Crippen molar-refractivity contribution in [2.75, 3.05) is 86.2 Å². The first-order chi connectivity index (χ1) is 13.7. The maximum absolute atomic E-state index is 5.95. The molecule has 8 nitrogen and oxygen atoms in total. The van der Waals surface area contributed by atoms with Crippen LogP contribution in [0.25, 0.3) is 0 Å². The smallest absolute Gasteiger partial charge is 0.0701 e. The van der Waals surface area contributed by atoms with E-state index in [2.05, 4.69) is 0 Å². The van der Waals surface area contributed by atoms with Crippen LogP contribution in [0.2, 0.25) is 0 Å². The minimum absolute atomic E-state index is 0.129. The fraction of sp³-hybridized carbons (Fsp3) is 1.00. The molecule has 0 aromatic rings. The van der Waals surface area contributed by atoms with Gasteiger partial charge in [-0.2, -0.15) is 0 Å². The highest BCUT2D eigenvalue weighted by molar-refractivity contribution is 4.80. The number of hydrogen-bond donors (Lipinski definition) is 3. The maximum atomic E-state index is 5.95. The maximum Gasteiger partial charge on any atom is 0.0701 e. The molecule has 0 bridgehead atoms. The predicted molar refractivity (Wildman–Crippen MR) is 112 cm³/mol. The molecule has 0 heterocycles. The van der Waals surface area contributed by atoms with Crippen LogP contribution in [0, 0.1) is 5.41 Å². The van der Waals surface area contributed by atoms with Gasteiger partial charge < -0.3 is 40.9 Å². The largest absolute Gasteiger partial charge is 0.382 e. The summed E-state index contributed by atoms with van der Waals surface area (Å²) in [6, 6.07) is 0. The van der Waals surface area contributed by atoms with Crippen LogP contribution in [0.5, 0.6) is 0 Å². The second kappa shape index (κ2) is 21.4. The zero-order valence-corrected chi connectivity index (χ0v) is 18.0. The molecule has 0 unspecified atom stereocenters. The molecule has 6 N–H and O–H groups in total. The molecule has 0 aliphatic rings. The van der Waals surface area contributed by atoms with E-state index in [9.17, 15) is 0 Å². The van der Waals surface area contributed by atoms with Gasteiger partial charge in [0, 0.05) is 7.11 Å². The van der Waals surface area contributed by atoms with Crippen molar-refractivity contribution >= 4 is 0 Å². The first-order valence-electron chi connectivity index (χ1n) is 10.6. The summed E-state index contributed by atoms with van der Waals surface area (Å²) in [6.07, 6.45) is 6.19. The van der Waals surface area contributed by atoms with Crippen molar-refractivity contribution in [1.82, 2.24) is 0 Å². The van der Waals surface area contributed by atoms with Crippen LogP contribution < -0.4 is 17.2 Å². The molecule has 0 saturated carbocycles. The molecule has 0 saturated heterocycles. The van der Waals surface area contributed by atoms with Crippen molar-refractivity contribution in [1.29, 1.82) is 0 Å². The summed E-state index contributed by atoms with van der Waals surface area (Å²) in [5.74, 6) is 0. The second-order valence-electron chi connectivity index (χ2n) is 7.06. The Labute approximate surface area is 171 Å². The van der Waals surface area contributed by atoms with Gasteiger partial charge in [-0.15, -0.1) is 0 Å². The Morgan fingerprint density at radius 1 is 0.536 bits per heavy atom. The molecular weight excluding hydrogens is 362 g/mol. The van der Waals surface area contributed by atoms with Crippen LogP contribution in [0.4, 0.5) is 0 Å². The second-order valence-corrected chi connectivity index (χ2v) is 7.06. The monoisotopic (exact) mass is 407 g/mol. The van der Waals surface area contributed by atoms with Crippen molar-refractivity contribution in [2.45, 2.75) is 38.5 Å². The number of hydrogen-bond acceptors (Lipinski definition) is 8. The minimum Gasteiger partial charge on any atom is -0.382 e. The van der Waals surface area contributed by atoms with E-state index in [4.69, 9.17) is 40.9 Å². The normalized spacial score (nSPS) is 12.0. The molecule has 0 fully saturated rings. The third-order valence-corrected chi connectivity index (χ3v) is 4.69. The van der Waals surface area contributed by atoms with Crippen LogP contribution >= 0.6 is 0 Å². The van der Waals surface area contributed by atoms with E-state index in [1.165, 1.54) is 0 Å². The van der Waals surface area contributed by atoms with E-state index >= 15 is 0 Å². The molecule has 0 radical (unpaired) electrons. The Kier molecular flexibility index (Phi) is 21.1. The standard InChI is InChI=1S/C20H45N3O5/c1-24-11-12-25-13-14-26-15-16-27-17-18-28-19-20(5-2-8-21,6-3-9-22)7-4-10-23/h2-19,21-23H2,1H3. The lowest BCUT2D eigenvalue weighted by atomic mass is 9.76. The third kappa shape index (κ3) is 16.6. The van der Waals surface area contributed by atoms with Crippen LogP contribution in [-0.2, 0) is 23.7 Å². The summed E-state index contributed by atoms with van der Waals surface area (Å²) in [5.41, 5.74) is 17.3. The van der Waals surface area contributed by atoms with Crippen LogP contribution in [-0.4, -0.2) is 86.2 Å². The van der Waals surface area contributed by atoms with Gasteiger partial charge in [-0.25, -0.2) is 0 Å². The average molecular weight is 408 g/mol. The van der Waals surface area contributed by atoms with E-state index in [0.717, 1.165) is 38.5 Å². The number of ether oxygens (including phenoxy) is 5. The summed E-state index contributed by atoms with van der Waals surface area (Å²) in [5, 5.41) is 0. The van der Waals surface area contributed by atoms with E-state index in [1.807, 2.05) is 0 Å². The van der Waals surface area contributed by atoms with Crippen molar-refractivity contribution in [3.63, 3.8) is 0 Å². The van der Waals surface area contributed by atoms with Gasteiger partial charge in [0.1, 0.15) is 0 Å². The first-order valence-corrected chi connectivity index (χ1v) is 10.6. The molecule has 170 valence electrons. The van der Waals surface area contributed by atoms with Crippen LogP contribution in [0.15, 0.2) is 0 Å². The van der Waals surface area contributed by atoms with E-state index in [-0.39, 0.29) is 5.41 Å². The SMILES string of the molecule is COCCOCCOCCOCCOCC(CCCN)(CCCN)CCCN. The fourth-order valence-corrected chi connectivity index (χ4v) is 3.11. The number of rotatable bonds is 23. The van der Waals surface area contributed by atoms with Crippen molar-refractivity contribution < 1.29 is 23.7 Å². The molecule has 28 heavy (non-hydrogen) atoms. The van der Waals surface area contributed by atoms with Gasteiger partial charge in [-0.05, 0) is 63.6 Å². The summed E-state index contributed by atoms with van der Waals surface area (Å²) in [7, 11) is 1.65. The number of methoxy groups -OCH3 is 1. The van der Waals surface area contributed by atoms with Crippen LogP contribution in [0.3, 0.4) is 0 Å². The molecule has 0 atom stereocenters. The lowest BCUT2D eigenvalue weighted by Gasteiger charge is -2.34. The quantitative estimate of drug-likeness (QED) is 0.213. The topological polar surface area (TPSA) is 124 Å². The molecule has 0 rings (SSSR count). The van der Waals surface area contributed by atoms with Gasteiger partial charge in [0.05, 0.1) is 59.5 Å². The Morgan fingerprint density at radius 3 is 1.25 bits per heavy atom. The van der Waals surface area contributed by atoms with Gasteiger partial charge in [0.15, 0.2) is 0 Å². The number of nitrogens with two attached hydrogens (primary N) is 3. The predicted octanol–water partition coefficient (Wildman–Crippen LogP) is 0.902. The molecule has 0 spiro atoms. The van der Waals surface area contributed by atoms with E-state index < -0.39 is 0 Å². The van der Waals surface area contributed by atoms with Gasteiger partial charge >= 0.3 is 0 Å². The Morgan fingerprint density at radius 2 is 0.893 bits per heavy atom. The van der Waals surface area contributed by atoms with Crippen molar-refractivity contribution in [2.24, 2.45) is 22.6 Å². The van der Waals surface area contributed by atoms with Crippen molar-refractivity contribution in [3.8, 4) is 0 Å². The fourth-order valence-electron chi connectivity index (χ4n) is 3.11. The van der Waals surface area contributed by atoms with E-state index in [1.54, 1.807) is 7.11 Å². The average Bonchev–Trinajstić information content (AvgIpc) is 2.72. The summed E-state index contributed by atoms with van der Waals surface area (Å²) >= 11 is 0. The molecular formula is C20H45N3O5. The van der Waals surface area contributed by atoms with Gasteiger partial charge in [0.2, 0.25) is 0 Å². The Balaban J connectivity index is 3.84. The van der Waals surface area contributed by atoms with Crippen LogP contribution in [0.1, 0.15) is 38.5 Å². The highest BCUT2D eigenvalue weighted by Gasteiger charge is 2.28. The Hall–Kier alpha value is -0.320. The summed E-state index contributed by atoms with van der Waals surface area (Å²) in [4.78, 5) is 0. The Bertz CT molecular complexity index is 290. The van der Waals surface area contributed by atoms with Gasteiger partial charge in [-0.1, -0.05) is 0 Å². The molecule has 8 heteroatoms. The molecule has 0 aromatic heterocycles. The molecule has 0 aliphatic carbocycles. The zero-order chi connectivity index (χ0) is 20.8. The first kappa shape index (κ1) is 27.7. The lowest BCUT2D eigenvalue weighted by Crippen LogP contribution is -2.30. The molecule has 0 amide bonds. The highest BCUT2D eigenvalue weighted by Crippen LogP contribution is 2.35. The van der Waals surface area contributed by atoms with Crippen molar-refractivity contribution in [3.05, 3.63) is 0 Å². The lowest BCUT2D eigenvalue weighted by molar-refractivity contribution is -0.0253. The summed E-state index contributed by atoms with van der Waals surface area (Å²) < 4.78 is 27.2. The molecule has 0 aliphatic heterocycles. The zero-order valence-electron chi connectivity index (χ0n) is 18.0. The highest BCUT2D eigenvalue weighted by atomic mass is 16.6. The third-order valence-electron chi connectivity index (χ3n) is 4.69. The summed E-state index contributed by atoms with van der Waals surface area (Å²) in [6.45, 7) is 7.41. The molecule has 0 aromatic carbocycles. The van der Waals surface area contributed by atoms with E-state index in [0.29, 0.717) is 79.1 Å². The van der Waals surface area contributed by atoms with Gasteiger partial charge in [0.25, 0.3) is 0 Å².